The number of pyridine rings is 1. The topological polar surface area (TPSA) is 76.2 Å². The third kappa shape index (κ3) is 2.78. The van der Waals surface area contributed by atoms with Crippen LogP contribution >= 0.6 is 11.8 Å². The van der Waals surface area contributed by atoms with Crippen LogP contribution in [0.3, 0.4) is 0 Å². The number of benzene rings is 1. The quantitative estimate of drug-likeness (QED) is 0.891. The minimum atomic E-state index is -1.09. The van der Waals surface area contributed by atoms with Crippen LogP contribution in [0.1, 0.15) is 10.4 Å². The Morgan fingerprint density at radius 3 is 2.78 bits per heavy atom. The van der Waals surface area contributed by atoms with E-state index in [0.29, 0.717) is 9.92 Å². The Kier molecular flexibility index (Phi) is 3.47. The number of carboxylic acids is 1. The van der Waals surface area contributed by atoms with Crippen molar-refractivity contribution >= 4 is 23.4 Å². The Morgan fingerprint density at radius 2 is 2.17 bits per heavy atom. The standard InChI is InChI=1S/C12H9FN2O2S/c13-8-2-1-3-9(5-8)18-11-10(14)4-7(6-15-11)12(16)17/h1-6H,14H2,(H,16,17). The van der Waals surface area contributed by atoms with Gasteiger partial charge in [-0.15, -0.1) is 0 Å². The van der Waals surface area contributed by atoms with E-state index in [4.69, 9.17) is 10.8 Å². The molecule has 2 aromatic rings. The second-order valence-electron chi connectivity index (χ2n) is 3.48. The van der Waals surface area contributed by atoms with Crippen LogP contribution in [0.2, 0.25) is 0 Å². The highest BCUT2D eigenvalue weighted by Crippen LogP contribution is 2.30. The van der Waals surface area contributed by atoms with Crippen LogP contribution in [-0.4, -0.2) is 16.1 Å². The van der Waals surface area contributed by atoms with Gasteiger partial charge < -0.3 is 10.8 Å². The van der Waals surface area contributed by atoms with Crippen LogP contribution in [0, 0.1) is 5.82 Å². The molecule has 0 amide bonds. The number of halogens is 1. The van der Waals surface area contributed by atoms with Crippen molar-refractivity contribution in [1.82, 2.24) is 4.98 Å². The van der Waals surface area contributed by atoms with Gasteiger partial charge in [0.15, 0.2) is 0 Å². The summed E-state index contributed by atoms with van der Waals surface area (Å²) < 4.78 is 13.0. The molecule has 0 spiro atoms. The third-order valence-corrected chi connectivity index (χ3v) is 3.16. The number of carboxylic acid groups (broad SMARTS) is 1. The van der Waals surface area contributed by atoms with E-state index >= 15 is 0 Å². The lowest BCUT2D eigenvalue weighted by molar-refractivity contribution is 0.0696. The lowest BCUT2D eigenvalue weighted by Crippen LogP contribution is -2.00. The Hall–Kier alpha value is -2.08. The summed E-state index contributed by atoms with van der Waals surface area (Å²) in [5.41, 5.74) is 5.98. The van der Waals surface area contributed by atoms with E-state index in [1.807, 2.05) is 0 Å². The second kappa shape index (κ2) is 5.05. The fourth-order valence-electron chi connectivity index (χ4n) is 1.31. The smallest absolute Gasteiger partial charge is 0.337 e. The molecule has 92 valence electrons. The van der Waals surface area contributed by atoms with Crippen LogP contribution in [0.4, 0.5) is 10.1 Å². The van der Waals surface area contributed by atoms with Gasteiger partial charge in [0.25, 0.3) is 0 Å². The molecule has 1 aromatic heterocycles. The summed E-state index contributed by atoms with van der Waals surface area (Å²) in [4.78, 5) is 15.3. The van der Waals surface area contributed by atoms with Gasteiger partial charge in [0.2, 0.25) is 0 Å². The average molecular weight is 264 g/mol. The summed E-state index contributed by atoms with van der Waals surface area (Å²) in [7, 11) is 0. The first-order valence-electron chi connectivity index (χ1n) is 4.98. The van der Waals surface area contributed by atoms with Crippen molar-refractivity contribution in [1.29, 1.82) is 0 Å². The minimum absolute atomic E-state index is 0.0242. The van der Waals surface area contributed by atoms with Crippen LogP contribution in [0.15, 0.2) is 46.5 Å². The molecule has 2 rings (SSSR count). The normalized spacial score (nSPS) is 10.3. The molecule has 0 aliphatic rings. The zero-order chi connectivity index (χ0) is 13.1. The fraction of sp³-hybridized carbons (Fsp3) is 0. The number of aromatic nitrogens is 1. The van der Waals surface area contributed by atoms with Crippen LogP contribution < -0.4 is 5.73 Å². The predicted octanol–water partition coefficient (Wildman–Crippen LogP) is 2.65. The highest BCUT2D eigenvalue weighted by molar-refractivity contribution is 7.99. The molecule has 0 radical (unpaired) electrons. The first-order chi connectivity index (χ1) is 8.56. The summed E-state index contributed by atoms with van der Waals surface area (Å²) in [6.07, 6.45) is 1.22. The first-order valence-corrected chi connectivity index (χ1v) is 5.80. The molecule has 0 fully saturated rings. The number of aromatic carboxylic acids is 1. The van der Waals surface area contributed by atoms with Crippen molar-refractivity contribution in [3.05, 3.63) is 47.9 Å². The van der Waals surface area contributed by atoms with E-state index in [1.165, 1.54) is 36.2 Å². The van der Waals surface area contributed by atoms with E-state index in [9.17, 15) is 9.18 Å². The molecule has 1 heterocycles. The Bertz CT molecular complexity index is 604. The molecule has 0 aliphatic carbocycles. The number of hydrogen-bond acceptors (Lipinski definition) is 4. The number of carbonyl (C=O) groups is 1. The van der Waals surface area contributed by atoms with Crippen LogP contribution in [0.25, 0.3) is 0 Å². The van der Waals surface area contributed by atoms with Crippen molar-refractivity contribution < 1.29 is 14.3 Å². The second-order valence-corrected chi connectivity index (χ2v) is 4.55. The monoisotopic (exact) mass is 264 g/mol. The molecular weight excluding hydrogens is 255 g/mol. The van der Waals surface area contributed by atoms with Crippen molar-refractivity contribution in [2.24, 2.45) is 0 Å². The number of anilines is 1. The summed E-state index contributed by atoms with van der Waals surface area (Å²) in [5.74, 6) is -1.43. The molecule has 0 atom stereocenters. The lowest BCUT2D eigenvalue weighted by Gasteiger charge is -2.05. The highest BCUT2D eigenvalue weighted by atomic mass is 32.2. The number of nitrogens with zero attached hydrogens (tertiary/aromatic N) is 1. The third-order valence-electron chi connectivity index (χ3n) is 2.14. The zero-order valence-corrected chi connectivity index (χ0v) is 9.95. The molecule has 4 nitrogen and oxygen atoms in total. The number of rotatable bonds is 3. The molecule has 3 N–H and O–H groups in total. The maximum atomic E-state index is 13.0. The van der Waals surface area contributed by atoms with Gasteiger partial charge in [0, 0.05) is 11.1 Å². The maximum Gasteiger partial charge on any atom is 0.337 e. The van der Waals surface area contributed by atoms with Gasteiger partial charge in [0.1, 0.15) is 10.8 Å². The number of nitrogens with two attached hydrogens (primary N) is 1. The Balaban J connectivity index is 2.27. The molecule has 0 saturated carbocycles. The number of hydrogen-bond donors (Lipinski definition) is 2. The summed E-state index contributed by atoms with van der Waals surface area (Å²) in [5, 5.41) is 9.22. The Morgan fingerprint density at radius 1 is 1.39 bits per heavy atom. The van der Waals surface area contributed by atoms with Gasteiger partial charge in [-0.1, -0.05) is 17.8 Å². The van der Waals surface area contributed by atoms with Crippen molar-refractivity contribution in [2.75, 3.05) is 5.73 Å². The van der Waals surface area contributed by atoms with Crippen LogP contribution in [-0.2, 0) is 0 Å². The summed E-state index contributed by atoms with van der Waals surface area (Å²) in [6.45, 7) is 0. The average Bonchev–Trinajstić information content (AvgIpc) is 2.31. The Labute approximate surface area is 107 Å². The van der Waals surface area contributed by atoms with Crippen molar-refractivity contribution in [3.8, 4) is 0 Å². The molecule has 18 heavy (non-hydrogen) atoms. The zero-order valence-electron chi connectivity index (χ0n) is 9.13. The van der Waals surface area contributed by atoms with Gasteiger partial charge in [-0.3, -0.25) is 0 Å². The molecule has 0 aliphatic heterocycles. The molecule has 0 saturated heterocycles. The molecule has 0 unspecified atom stereocenters. The van der Waals surface area contributed by atoms with E-state index in [1.54, 1.807) is 12.1 Å². The number of nitrogen functional groups attached to an aromatic ring is 1. The molecular formula is C12H9FN2O2S. The van der Waals surface area contributed by atoms with E-state index < -0.39 is 5.97 Å². The van der Waals surface area contributed by atoms with Gasteiger partial charge in [-0.05, 0) is 24.3 Å². The van der Waals surface area contributed by atoms with Gasteiger partial charge in [0.05, 0.1) is 11.3 Å². The van der Waals surface area contributed by atoms with Crippen molar-refractivity contribution in [3.63, 3.8) is 0 Å². The lowest BCUT2D eigenvalue weighted by atomic mass is 10.3. The van der Waals surface area contributed by atoms with E-state index in [-0.39, 0.29) is 17.1 Å². The molecule has 0 bridgehead atoms. The fourth-order valence-corrected chi connectivity index (χ4v) is 2.14. The first kappa shape index (κ1) is 12.4. The summed E-state index contributed by atoms with van der Waals surface area (Å²) >= 11 is 1.18. The largest absolute Gasteiger partial charge is 0.478 e. The van der Waals surface area contributed by atoms with E-state index in [2.05, 4.69) is 4.98 Å². The molecule has 6 heteroatoms. The summed E-state index contributed by atoms with van der Waals surface area (Å²) in [6, 6.07) is 7.33. The predicted molar refractivity (Wildman–Crippen MR) is 66.1 cm³/mol. The van der Waals surface area contributed by atoms with Gasteiger partial charge in [-0.25, -0.2) is 14.2 Å². The highest BCUT2D eigenvalue weighted by Gasteiger charge is 2.09. The van der Waals surface area contributed by atoms with Crippen molar-refractivity contribution in [2.45, 2.75) is 9.92 Å². The van der Waals surface area contributed by atoms with E-state index in [0.717, 1.165) is 0 Å². The molecule has 1 aromatic carbocycles. The minimum Gasteiger partial charge on any atom is -0.478 e. The van der Waals surface area contributed by atoms with Gasteiger partial charge in [-0.2, -0.15) is 0 Å². The van der Waals surface area contributed by atoms with Crippen LogP contribution in [0.5, 0.6) is 0 Å². The maximum absolute atomic E-state index is 13.0. The SMILES string of the molecule is Nc1cc(C(=O)O)cnc1Sc1cccc(F)c1. The van der Waals surface area contributed by atoms with Gasteiger partial charge >= 0.3 is 5.97 Å².